The molecule has 2 heteroatoms. The van der Waals surface area contributed by atoms with Gasteiger partial charge in [-0.2, -0.15) is 0 Å². The Balaban J connectivity index is 1.43. The number of benzene rings is 1. The van der Waals surface area contributed by atoms with E-state index in [-0.39, 0.29) is 6.10 Å². The number of hydrogen-bond acceptors (Lipinski definition) is 2. The second-order valence-electron chi connectivity index (χ2n) is 6.20. The molecule has 18 heavy (non-hydrogen) atoms. The van der Waals surface area contributed by atoms with Crippen molar-refractivity contribution in [1.29, 1.82) is 0 Å². The number of nitrogens with one attached hydrogen (secondary N) is 1. The van der Waals surface area contributed by atoms with E-state index in [1.807, 2.05) is 0 Å². The van der Waals surface area contributed by atoms with Gasteiger partial charge in [-0.1, -0.05) is 30.3 Å². The van der Waals surface area contributed by atoms with Crippen molar-refractivity contribution in [2.24, 2.45) is 5.41 Å². The smallest absolute Gasteiger partial charge is 0.0550 e. The number of rotatable bonds is 3. The highest BCUT2D eigenvalue weighted by atomic mass is 16.3. The van der Waals surface area contributed by atoms with E-state index in [2.05, 4.69) is 35.6 Å². The van der Waals surface area contributed by atoms with Crippen LogP contribution in [0.15, 0.2) is 30.3 Å². The third-order valence-corrected chi connectivity index (χ3v) is 4.82. The molecule has 1 aromatic carbocycles. The summed E-state index contributed by atoms with van der Waals surface area (Å²) in [6.07, 6.45) is 7.27. The van der Waals surface area contributed by atoms with Crippen molar-refractivity contribution in [3.63, 3.8) is 0 Å². The van der Waals surface area contributed by atoms with E-state index in [1.165, 1.54) is 31.2 Å². The van der Waals surface area contributed by atoms with Crippen LogP contribution in [0, 0.1) is 5.41 Å². The molecule has 2 fully saturated rings. The summed E-state index contributed by atoms with van der Waals surface area (Å²) in [4.78, 5) is 0. The number of hydrogen-bond donors (Lipinski definition) is 2. The highest BCUT2D eigenvalue weighted by Crippen LogP contribution is 2.51. The lowest BCUT2D eigenvalue weighted by Crippen LogP contribution is -2.46. The van der Waals surface area contributed by atoms with Crippen LogP contribution in [0.1, 0.15) is 44.1 Å². The number of aliphatic hydroxyl groups is 1. The van der Waals surface area contributed by atoms with Gasteiger partial charge in [-0.25, -0.2) is 0 Å². The molecular formula is C16H23NO. The third kappa shape index (κ3) is 2.60. The molecule has 1 spiro atoms. The van der Waals surface area contributed by atoms with Crippen LogP contribution in [0.3, 0.4) is 0 Å². The zero-order valence-electron chi connectivity index (χ0n) is 10.9. The van der Waals surface area contributed by atoms with Gasteiger partial charge in [0.05, 0.1) is 6.10 Å². The van der Waals surface area contributed by atoms with Crippen molar-refractivity contribution >= 4 is 0 Å². The van der Waals surface area contributed by atoms with E-state index in [9.17, 15) is 5.11 Å². The van der Waals surface area contributed by atoms with Crippen LogP contribution in [0.4, 0.5) is 0 Å². The van der Waals surface area contributed by atoms with E-state index < -0.39 is 0 Å². The molecule has 1 aromatic rings. The maximum atomic E-state index is 9.47. The van der Waals surface area contributed by atoms with Crippen LogP contribution in [-0.2, 0) is 6.54 Å². The molecule has 0 bridgehead atoms. The zero-order chi connectivity index (χ0) is 12.4. The van der Waals surface area contributed by atoms with E-state index in [1.54, 1.807) is 0 Å². The van der Waals surface area contributed by atoms with Gasteiger partial charge in [-0.15, -0.1) is 0 Å². The van der Waals surface area contributed by atoms with E-state index in [0.29, 0.717) is 11.5 Å². The van der Waals surface area contributed by atoms with Gasteiger partial charge < -0.3 is 10.4 Å². The molecule has 0 unspecified atom stereocenters. The Kier molecular flexibility index (Phi) is 3.40. The summed E-state index contributed by atoms with van der Waals surface area (Å²) >= 11 is 0. The fourth-order valence-electron chi connectivity index (χ4n) is 3.64. The minimum Gasteiger partial charge on any atom is -0.393 e. The summed E-state index contributed by atoms with van der Waals surface area (Å²) in [7, 11) is 0. The van der Waals surface area contributed by atoms with Crippen LogP contribution in [0.5, 0.6) is 0 Å². The number of aliphatic hydroxyl groups excluding tert-OH is 1. The molecule has 2 nitrogen and oxygen atoms in total. The second kappa shape index (κ2) is 5.02. The maximum absolute atomic E-state index is 9.47. The summed E-state index contributed by atoms with van der Waals surface area (Å²) < 4.78 is 0. The summed E-state index contributed by atoms with van der Waals surface area (Å²) in [6.45, 7) is 0.987. The fraction of sp³-hybridized carbons (Fsp3) is 0.625. The lowest BCUT2D eigenvalue weighted by Gasteiger charge is -2.49. The van der Waals surface area contributed by atoms with Gasteiger partial charge in [-0.3, -0.25) is 0 Å². The van der Waals surface area contributed by atoms with Gasteiger partial charge in [0.2, 0.25) is 0 Å². The lowest BCUT2D eigenvalue weighted by atomic mass is 9.59. The molecule has 0 atom stereocenters. The van der Waals surface area contributed by atoms with Crippen molar-refractivity contribution in [2.75, 3.05) is 0 Å². The molecule has 2 aliphatic rings. The maximum Gasteiger partial charge on any atom is 0.0550 e. The van der Waals surface area contributed by atoms with Crippen LogP contribution in [0.2, 0.25) is 0 Å². The Morgan fingerprint density at radius 2 is 1.78 bits per heavy atom. The quantitative estimate of drug-likeness (QED) is 0.858. The first kappa shape index (κ1) is 12.2. The minimum atomic E-state index is -0.00109. The van der Waals surface area contributed by atoms with Crippen LogP contribution in [-0.4, -0.2) is 17.3 Å². The van der Waals surface area contributed by atoms with Gasteiger partial charge in [0.15, 0.2) is 0 Å². The van der Waals surface area contributed by atoms with Gasteiger partial charge in [0.1, 0.15) is 0 Å². The molecule has 2 aliphatic carbocycles. The highest BCUT2D eigenvalue weighted by molar-refractivity contribution is 5.14. The topological polar surface area (TPSA) is 32.3 Å². The molecular weight excluding hydrogens is 222 g/mol. The predicted molar refractivity (Wildman–Crippen MR) is 73.2 cm³/mol. The van der Waals surface area contributed by atoms with E-state index in [0.717, 1.165) is 19.4 Å². The Hall–Kier alpha value is -0.860. The van der Waals surface area contributed by atoms with Crippen LogP contribution >= 0.6 is 0 Å². The third-order valence-electron chi connectivity index (χ3n) is 4.82. The van der Waals surface area contributed by atoms with Crippen molar-refractivity contribution < 1.29 is 5.11 Å². The van der Waals surface area contributed by atoms with Gasteiger partial charge in [0.25, 0.3) is 0 Å². The molecule has 2 saturated carbocycles. The first-order valence-electron chi connectivity index (χ1n) is 7.21. The van der Waals surface area contributed by atoms with Crippen LogP contribution < -0.4 is 5.32 Å². The van der Waals surface area contributed by atoms with Gasteiger partial charge in [-0.05, 0) is 49.5 Å². The minimum absolute atomic E-state index is 0.00109. The first-order valence-corrected chi connectivity index (χ1v) is 7.21. The normalized spacial score (nSPS) is 35.4. The van der Waals surface area contributed by atoms with Crippen molar-refractivity contribution in [3.8, 4) is 0 Å². The lowest BCUT2D eigenvalue weighted by molar-refractivity contribution is -0.0582. The fourth-order valence-corrected chi connectivity index (χ4v) is 3.64. The molecule has 0 heterocycles. The Morgan fingerprint density at radius 3 is 2.39 bits per heavy atom. The van der Waals surface area contributed by atoms with Crippen molar-refractivity contribution in [3.05, 3.63) is 35.9 Å². The SMILES string of the molecule is OC1CC2(CCC(NCc3ccccc3)CC2)C1. The summed E-state index contributed by atoms with van der Waals surface area (Å²) in [5.74, 6) is 0. The molecule has 0 aliphatic heterocycles. The van der Waals surface area contributed by atoms with Crippen LogP contribution in [0.25, 0.3) is 0 Å². The molecule has 3 rings (SSSR count). The molecule has 0 aromatic heterocycles. The summed E-state index contributed by atoms with van der Waals surface area (Å²) in [6, 6.07) is 11.3. The monoisotopic (exact) mass is 245 g/mol. The van der Waals surface area contributed by atoms with E-state index >= 15 is 0 Å². The average Bonchev–Trinajstić information content (AvgIpc) is 2.38. The standard InChI is InChI=1S/C16H23NO/c18-15-10-16(11-15)8-6-14(7-9-16)17-12-13-4-2-1-3-5-13/h1-5,14-15,17-18H,6-12H2. The molecule has 98 valence electrons. The second-order valence-corrected chi connectivity index (χ2v) is 6.20. The van der Waals surface area contributed by atoms with Gasteiger partial charge in [0, 0.05) is 12.6 Å². The van der Waals surface area contributed by atoms with E-state index in [4.69, 9.17) is 0 Å². The van der Waals surface area contributed by atoms with Crippen molar-refractivity contribution in [1.82, 2.24) is 5.32 Å². The van der Waals surface area contributed by atoms with Gasteiger partial charge >= 0.3 is 0 Å². The molecule has 0 saturated heterocycles. The molecule has 2 N–H and O–H groups in total. The highest BCUT2D eigenvalue weighted by Gasteiger charge is 2.45. The molecule has 0 amide bonds. The predicted octanol–water partition coefficient (Wildman–Crippen LogP) is 2.86. The molecule has 0 radical (unpaired) electrons. The summed E-state index contributed by atoms with van der Waals surface area (Å²) in [5.41, 5.74) is 1.89. The Bertz CT molecular complexity index is 373. The first-order chi connectivity index (χ1) is 8.76. The summed E-state index contributed by atoms with van der Waals surface area (Å²) in [5, 5.41) is 13.1. The Morgan fingerprint density at radius 1 is 1.11 bits per heavy atom. The van der Waals surface area contributed by atoms with Crippen molar-refractivity contribution in [2.45, 2.75) is 57.2 Å². The largest absolute Gasteiger partial charge is 0.393 e. The average molecular weight is 245 g/mol. The Labute approximate surface area is 109 Å². The zero-order valence-corrected chi connectivity index (χ0v) is 10.9.